The summed E-state index contributed by atoms with van der Waals surface area (Å²) >= 11 is 0. The summed E-state index contributed by atoms with van der Waals surface area (Å²) in [7, 11) is 0. The number of fused-ring (bicyclic) bond motifs is 1. The lowest BCUT2D eigenvalue weighted by Crippen LogP contribution is -2.47. The number of piperazine rings is 1. The molecule has 0 bridgehead atoms. The number of nitrogens with zero attached hydrogens (tertiary/aromatic N) is 4. The number of aromatic nitrogens is 2. The van der Waals surface area contributed by atoms with Gasteiger partial charge < -0.3 is 14.8 Å². The second-order valence-corrected chi connectivity index (χ2v) is 7.41. The molecule has 6 heteroatoms. The minimum absolute atomic E-state index is 0.185. The molecule has 0 atom stereocenters. The first-order chi connectivity index (χ1) is 13.1. The summed E-state index contributed by atoms with van der Waals surface area (Å²) in [6.07, 6.45) is 3.90. The van der Waals surface area contributed by atoms with Gasteiger partial charge in [-0.1, -0.05) is 0 Å². The van der Waals surface area contributed by atoms with Crippen molar-refractivity contribution in [1.29, 1.82) is 0 Å². The third-order valence-electron chi connectivity index (χ3n) is 4.99. The summed E-state index contributed by atoms with van der Waals surface area (Å²) in [6, 6.07) is 11.4. The van der Waals surface area contributed by atoms with Gasteiger partial charge in [-0.15, -0.1) is 0 Å². The summed E-state index contributed by atoms with van der Waals surface area (Å²) < 4.78 is 15.6. The van der Waals surface area contributed by atoms with Gasteiger partial charge in [0.2, 0.25) is 0 Å². The van der Waals surface area contributed by atoms with Crippen LogP contribution in [0.15, 0.2) is 48.8 Å². The minimum Gasteiger partial charge on any atom is -0.380 e. The highest BCUT2D eigenvalue weighted by molar-refractivity contribution is 5.80. The average Bonchev–Trinajstić information content (AvgIpc) is 3.04. The Bertz CT molecular complexity index is 912. The fourth-order valence-electron chi connectivity index (χ4n) is 3.68. The third-order valence-corrected chi connectivity index (χ3v) is 4.99. The Morgan fingerprint density at radius 1 is 1.11 bits per heavy atom. The molecule has 1 fully saturated rings. The van der Waals surface area contributed by atoms with Crippen LogP contribution in [0.25, 0.3) is 10.9 Å². The Morgan fingerprint density at radius 2 is 1.93 bits per heavy atom. The van der Waals surface area contributed by atoms with Crippen LogP contribution in [0.2, 0.25) is 0 Å². The summed E-state index contributed by atoms with van der Waals surface area (Å²) in [5, 5.41) is 4.44. The molecule has 0 unspecified atom stereocenters. The molecule has 0 radical (unpaired) electrons. The standard InChI is InChI=1S/C21H26FN5/c1-16(2)24-19-4-3-8-23-21(19)26-12-10-25(11-13-26)15-27-9-7-17-14-18(22)5-6-20(17)27/h3-9,14,16,24H,10-13,15H2,1-2H3. The van der Waals surface area contributed by atoms with E-state index in [1.165, 1.54) is 6.07 Å². The molecule has 1 aromatic carbocycles. The number of anilines is 2. The van der Waals surface area contributed by atoms with Crippen molar-refractivity contribution in [2.45, 2.75) is 26.6 Å². The van der Waals surface area contributed by atoms with Gasteiger partial charge >= 0.3 is 0 Å². The van der Waals surface area contributed by atoms with E-state index in [0.717, 1.165) is 55.3 Å². The highest BCUT2D eigenvalue weighted by atomic mass is 19.1. The van der Waals surface area contributed by atoms with Crippen LogP contribution >= 0.6 is 0 Å². The maximum Gasteiger partial charge on any atom is 0.152 e. The highest BCUT2D eigenvalue weighted by Crippen LogP contribution is 2.25. The van der Waals surface area contributed by atoms with Crippen molar-refractivity contribution >= 4 is 22.4 Å². The molecule has 27 heavy (non-hydrogen) atoms. The highest BCUT2D eigenvalue weighted by Gasteiger charge is 2.20. The molecule has 1 aliphatic heterocycles. The van der Waals surface area contributed by atoms with Gasteiger partial charge in [0.1, 0.15) is 5.82 Å². The van der Waals surface area contributed by atoms with Gasteiger partial charge in [0.05, 0.1) is 12.4 Å². The largest absolute Gasteiger partial charge is 0.380 e. The Kier molecular flexibility index (Phi) is 4.99. The molecule has 3 heterocycles. The van der Waals surface area contributed by atoms with E-state index < -0.39 is 0 Å². The number of nitrogens with one attached hydrogen (secondary N) is 1. The van der Waals surface area contributed by atoms with Crippen molar-refractivity contribution in [3.63, 3.8) is 0 Å². The first-order valence-electron chi connectivity index (χ1n) is 9.53. The van der Waals surface area contributed by atoms with Crippen LogP contribution in [0.5, 0.6) is 0 Å². The Balaban J connectivity index is 1.42. The molecule has 0 spiro atoms. The number of hydrogen-bond donors (Lipinski definition) is 1. The fourth-order valence-corrected chi connectivity index (χ4v) is 3.68. The minimum atomic E-state index is -0.185. The summed E-state index contributed by atoms with van der Waals surface area (Å²) in [6.45, 7) is 8.93. The number of pyridine rings is 1. The van der Waals surface area contributed by atoms with Crippen LogP contribution in [0.4, 0.5) is 15.9 Å². The number of hydrogen-bond acceptors (Lipinski definition) is 4. The van der Waals surface area contributed by atoms with Gasteiger partial charge in [-0.25, -0.2) is 9.37 Å². The zero-order valence-corrected chi connectivity index (χ0v) is 15.9. The molecule has 0 amide bonds. The van der Waals surface area contributed by atoms with Gasteiger partial charge in [-0.3, -0.25) is 4.90 Å². The van der Waals surface area contributed by atoms with E-state index in [0.29, 0.717) is 6.04 Å². The van der Waals surface area contributed by atoms with E-state index in [1.54, 1.807) is 6.07 Å². The summed E-state index contributed by atoms with van der Waals surface area (Å²) in [4.78, 5) is 9.39. The lowest BCUT2D eigenvalue weighted by atomic mass is 10.2. The van der Waals surface area contributed by atoms with Crippen molar-refractivity contribution < 1.29 is 4.39 Å². The van der Waals surface area contributed by atoms with Crippen molar-refractivity contribution in [1.82, 2.24) is 14.5 Å². The number of benzene rings is 1. The van der Waals surface area contributed by atoms with Crippen molar-refractivity contribution in [2.75, 3.05) is 36.4 Å². The fraction of sp³-hybridized carbons (Fsp3) is 0.381. The second-order valence-electron chi connectivity index (χ2n) is 7.41. The maximum absolute atomic E-state index is 13.4. The number of rotatable bonds is 5. The van der Waals surface area contributed by atoms with Gasteiger partial charge in [0.15, 0.2) is 5.82 Å². The maximum atomic E-state index is 13.4. The van der Waals surface area contributed by atoms with E-state index in [2.05, 4.69) is 44.6 Å². The molecule has 0 aliphatic carbocycles. The predicted molar refractivity (Wildman–Crippen MR) is 109 cm³/mol. The zero-order chi connectivity index (χ0) is 18.8. The number of halogens is 1. The van der Waals surface area contributed by atoms with E-state index in [4.69, 9.17) is 0 Å². The molecule has 1 saturated heterocycles. The van der Waals surface area contributed by atoms with Crippen LogP contribution in [-0.4, -0.2) is 46.7 Å². The predicted octanol–water partition coefficient (Wildman–Crippen LogP) is 3.78. The molecule has 1 aliphatic rings. The summed E-state index contributed by atoms with van der Waals surface area (Å²) in [5.41, 5.74) is 2.17. The molecule has 5 nitrogen and oxygen atoms in total. The molecule has 3 aromatic rings. The smallest absolute Gasteiger partial charge is 0.152 e. The van der Waals surface area contributed by atoms with Crippen LogP contribution in [0.3, 0.4) is 0 Å². The second kappa shape index (κ2) is 7.56. The molecule has 0 saturated carbocycles. The first-order valence-corrected chi connectivity index (χ1v) is 9.53. The summed E-state index contributed by atoms with van der Waals surface area (Å²) in [5.74, 6) is 0.850. The van der Waals surface area contributed by atoms with Crippen LogP contribution < -0.4 is 10.2 Å². The van der Waals surface area contributed by atoms with Crippen LogP contribution in [0.1, 0.15) is 13.8 Å². The Morgan fingerprint density at radius 3 is 2.70 bits per heavy atom. The van der Waals surface area contributed by atoms with Crippen LogP contribution in [-0.2, 0) is 6.67 Å². The lowest BCUT2D eigenvalue weighted by Gasteiger charge is -2.36. The Hall–Kier alpha value is -2.60. The van der Waals surface area contributed by atoms with Gasteiger partial charge in [0, 0.05) is 55.5 Å². The molecule has 2 aromatic heterocycles. The quantitative estimate of drug-likeness (QED) is 0.745. The van der Waals surface area contributed by atoms with Crippen LogP contribution in [0, 0.1) is 5.82 Å². The van der Waals surface area contributed by atoms with Gasteiger partial charge in [-0.05, 0) is 50.2 Å². The monoisotopic (exact) mass is 367 g/mol. The molecular formula is C21H26FN5. The third kappa shape index (κ3) is 3.90. The van der Waals surface area contributed by atoms with Gasteiger partial charge in [-0.2, -0.15) is 0 Å². The van der Waals surface area contributed by atoms with Crippen molar-refractivity contribution in [3.8, 4) is 0 Å². The SMILES string of the molecule is CC(C)Nc1cccnc1N1CCN(Cn2ccc3cc(F)ccc32)CC1. The molecule has 142 valence electrons. The molecule has 1 N–H and O–H groups in total. The van der Waals surface area contributed by atoms with Crippen molar-refractivity contribution in [2.24, 2.45) is 0 Å². The normalized spacial score (nSPS) is 15.6. The molecular weight excluding hydrogens is 341 g/mol. The van der Waals surface area contributed by atoms with E-state index in [9.17, 15) is 4.39 Å². The Labute approximate surface area is 159 Å². The van der Waals surface area contributed by atoms with Crippen molar-refractivity contribution in [3.05, 3.63) is 54.6 Å². The van der Waals surface area contributed by atoms with E-state index in [-0.39, 0.29) is 5.82 Å². The topological polar surface area (TPSA) is 36.3 Å². The molecule has 4 rings (SSSR count). The first kappa shape index (κ1) is 17.8. The average molecular weight is 367 g/mol. The lowest BCUT2D eigenvalue weighted by molar-refractivity contribution is 0.209. The zero-order valence-electron chi connectivity index (χ0n) is 15.9. The van der Waals surface area contributed by atoms with E-state index in [1.807, 2.05) is 30.6 Å². The van der Waals surface area contributed by atoms with Gasteiger partial charge in [0.25, 0.3) is 0 Å². The van der Waals surface area contributed by atoms with E-state index >= 15 is 0 Å².